The Hall–Kier alpha value is -1.89. The number of amides is 1. The standard InChI is InChI=1S/C16H23N3O4/c1-9-11(8-17-19(9)4)13-10(5-6-22-13)14(20)18-12-7-16(2,3)23-15(12)21/h8,10,12-13H,5-7H2,1-4H3,(H,18,20)/t10-,12?,13-/m0/s1. The van der Waals surface area contributed by atoms with Gasteiger partial charge in [0.1, 0.15) is 11.6 Å². The maximum absolute atomic E-state index is 12.6. The molecule has 0 spiro atoms. The third kappa shape index (κ3) is 2.97. The van der Waals surface area contributed by atoms with Gasteiger partial charge in [-0.1, -0.05) is 0 Å². The van der Waals surface area contributed by atoms with Crippen molar-refractivity contribution in [1.29, 1.82) is 0 Å². The fourth-order valence-electron chi connectivity index (χ4n) is 3.31. The van der Waals surface area contributed by atoms with Crippen molar-refractivity contribution < 1.29 is 19.1 Å². The monoisotopic (exact) mass is 321 g/mol. The zero-order chi connectivity index (χ0) is 16.8. The number of hydrogen-bond donors (Lipinski definition) is 1. The van der Waals surface area contributed by atoms with Gasteiger partial charge in [0, 0.05) is 31.3 Å². The topological polar surface area (TPSA) is 82.4 Å². The van der Waals surface area contributed by atoms with E-state index in [2.05, 4.69) is 10.4 Å². The summed E-state index contributed by atoms with van der Waals surface area (Å²) in [5.41, 5.74) is 1.39. The largest absolute Gasteiger partial charge is 0.458 e. The number of nitrogens with one attached hydrogen (secondary N) is 1. The number of carbonyl (C=O) groups excluding carboxylic acids is 2. The number of cyclic esters (lactones) is 1. The van der Waals surface area contributed by atoms with E-state index in [0.717, 1.165) is 11.3 Å². The minimum Gasteiger partial charge on any atom is -0.458 e. The summed E-state index contributed by atoms with van der Waals surface area (Å²) in [4.78, 5) is 24.5. The molecule has 3 rings (SSSR count). The maximum atomic E-state index is 12.6. The van der Waals surface area contributed by atoms with E-state index in [4.69, 9.17) is 9.47 Å². The number of rotatable bonds is 3. The van der Waals surface area contributed by atoms with Gasteiger partial charge in [-0.3, -0.25) is 9.48 Å². The summed E-state index contributed by atoms with van der Waals surface area (Å²) in [6, 6.07) is -0.575. The highest BCUT2D eigenvalue weighted by molar-refractivity contribution is 5.87. The first-order valence-corrected chi connectivity index (χ1v) is 7.92. The lowest BCUT2D eigenvalue weighted by atomic mass is 9.94. The van der Waals surface area contributed by atoms with Crippen molar-refractivity contribution in [1.82, 2.24) is 15.1 Å². The lowest BCUT2D eigenvalue weighted by molar-refractivity contribution is -0.148. The maximum Gasteiger partial charge on any atom is 0.329 e. The third-order valence-corrected chi connectivity index (χ3v) is 4.68. The van der Waals surface area contributed by atoms with E-state index in [0.29, 0.717) is 19.4 Å². The summed E-state index contributed by atoms with van der Waals surface area (Å²) in [7, 11) is 1.86. The van der Waals surface area contributed by atoms with Crippen LogP contribution in [0.1, 0.15) is 44.1 Å². The third-order valence-electron chi connectivity index (χ3n) is 4.68. The molecule has 3 atom stereocenters. The average Bonchev–Trinajstić information content (AvgIpc) is 3.11. The molecule has 2 aliphatic heterocycles. The first-order valence-electron chi connectivity index (χ1n) is 7.92. The van der Waals surface area contributed by atoms with Crippen LogP contribution in [0.4, 0.5) is 0 Å². The van der Waals surface area contributed by atoms with Crippen molar-refractivity contribution in [2.24, 2.45) is 13.0 Å². The molecule has 7 heteroatoms. The molecule has 1 amide bonds. The molecule has 2 aliphatic rings. The number of carbonyl (C=O) groups is 2. The predicted molar refractivity (Wildman–Crippen MR) is 81.5 cm³/mol. The Kier molecular flexibility index (Phi) is 3.91. The van der Waals surface area contributed by atoms with Crippen LogP contribution < -0.4 is 5.32 Å². The first kappa shape index (κ1) is 16.0. The van der Waals surface area contributed by atoms with E-state index in [1.54, 1.807) is 10.9 Å². The number of esters is 1. The zero-order valence-electron chi connectivity index (χ0n) is 14.0. The summed E-state index contributed by atoms with van der Waals surface area (Å²) in [6.45, 7) is 6.17. The normalized spacial score (nSPS) is 29.6. The van der Waals surface area contributed by atoms with Gasteiger partial charge in [0.2, 0.25) is 5.91 Å². The molecule has 23 heavy (non-hydrogen) atoms. The highest BCUT2D eigenvalue weighted by Crippen LogP contribution is 2.36. The Morgan fingerprint density at radius 1 is 1.48 bits per heavy atom. The van der Waals surface area contributed by atoms with Gasteiger partial charge in [-0.25, -0.2) is 4.79 Å². The van der Waals surface area contributed by atoms with Gasteiger partial charge in [0.05, 0.1) is 18.2 Å². The van der Waals surface area contributed by atoms with E-state index < -0.39 is 11.6 Å². The van der Waals surface area contributed by atoms with Crippen molar-refractivity contribution in [2.45, 2.75) is 51.4 Å². The fraction of sp³-hybridized carbons (Fsp3) is 0.688. The Morgan fingerprint density at radius 2 is 2.22 bits per heavy atom. The molecule has 1 unspecified atom stereocenters. The smallest absolute Gasteiger partial charge is 0.329 e. The second-order valence-corrected chi connectivity index (χ2v) is 6.94. The summed E-state index contributed by atoms with van der Waals surface area (Å²) in [6.07, 6.45) is 2.56. The average molecular weight is 321 g/mol. The van der Waals surface area contributed by atoms with Crippen LogP contribution in [0.3, 0.4) is 0 Å². The van der Waals surface area contributed by atoms with Crippen LogP contribution in [0.5, 0.6) is 0 Å². The van der Waals surface area contributed by atoms with Gasteiger partial charge in [0.25, 0.3) is 0 Å². The number of aromatic nitrogens is 2. The minimum atomic E-state index is -0.575. The molecule has 0 aromatic carbocycles. The molecule has 0 bridgehead atoms. The Labute approximate surface area is 135 Å². The summed E-state index contributed by atoms with van der Waals surface area (Å²) >= 11 is 0. The molecular weight excluding hydrogens is 298 g/mol. The number of aryl methyl sites for hydroxylation is 1. The number of hydrogen-bond acceptors (Lipinski definition) is 5. The van der Waals surface area contributed by atoms with Crippen molar-refractivity contribution in [3.05, 3.63) is 17.5 Å². The molecule has 3 heterocycles. The van der Waals surface area contributed by atoms with Gasteiger partial charge in [-0.15, -0.1) is 0 Å². The zero-order valence-corrected chi connectivity index (χ0v) is 14.0. The highest BCUT2D eigenvalue weighted by Gasteiger charge is 2.43. The second-order valence-electron chi connectivity index (χ2n) is 6.94. The molecular formula is C16H23N3O4. The highest BCUT2D eigenvalue weighted by atomic mass is 16.6. The van der Waals surface area contributed by atoms with Crippen LogP contribution in [-0.4, -0.2) is 39.9 Å². The molecule has 1 N–H and O–H groups in total. The van der Waals surface area contributed by atoms with Gasteiger partial charge < -0.3 is 14.8 Å². The van der Waals surface area contributed by atoms with Gasteiger partial charge in [-0.05, 0) is 27.2 Å². The molecule has 0 saturated carbocycles. The van der Waals surface area contributed by atoms with E-state index in [1.165, 1.54) is 0 Å². The van der Waals surface area contributed by atoms with Gasteiger partial charge in [-0.2, -0.15) is 5.10 Å². The van der Waals surface area contributed by atoms with Crippen LogP contribution in [0.25, 0.3) is 0 Å². The molecule has 0 aliphatic carbocycles. The van der Waals surface area contributed by atoms with Gasteiger partial charge >= 0.3 is 5.97 Å². The van der Waals surface area contributed by atoms with E-state index in [9.17, 15) is 9.59 Å². The van der Waals surface area contributed by atoms with Crippen molar-refractivity contribution in [3.8, 4) is 0 Å². The van der Waals surface area contributed by atoms with Crippen molar-refractivity contribution >= 4 is 11.9 Å². The van der Waals surface area contributed by atoms with Crippen LogP contribution in [-0.2, 0) is 26.1 Å². The fourth-order valence-corrected chi connectivity index (χ4v) is 3.31. The van der Waals surface area contributed by atoms with E-state index in [1.807, 2.05) is 27.8 Å². The Morgan fingerprint density at radius 3 is 2.78 bits per heavy atom. The molecule has 126 valence electrons. The van der Waals surface area contributed by atoms with Crippen molar-refractivity contribution in [2.75, 3.05) is 6.61 Å². The summed E-state index contributed by atoms with van der Waals surface area (Å²) < 4.78 is 12.8. The van der Waals surface area contributed by atoms with Crippen LogP contribution in [0.2, 0.25) is 0 Å². The van der Waals surface area contributed by atoms with Gasteiger partial charge in [0.15, 0.2) is 0 Å². The van der Waals surface area contributed by atoms with Crippen LogP contribution >= 0.6 is 0 Å². The molecule has 7 nitrogen and oxygen atoms in total. The molecule has 1 aromatic heterocycles. The molecule has 2 saturated heterocycles. The second kappa shape index (κ2) is 5.63. The lowest BCUT2D eigenvalue weighted by Crippen LogP contribution is -2.42. The SMILES string of the molecule is Cc1c([C@H]2OCC[C@@H]2C(=O)NC2CC(C)(C)OC2=O)cnn1C. The Balaban J connectivity index is 1.72. The van der Waals surface area contributed by atoms with E-state index in [-0.39, 0.29) is 23.9 Å². The minimum absolute atomic E-state index is 0.157. The molecule has 2 fully saturated rings. The summed E-state index contributed by atoms with van der Waals surface area (Å²) in [5, 5.41) is 7.05. The number of ether oxygens (including phenoxy) is 2. The van der Waals surface area contributed by atoms with Crippen molar-refractivity contribution in [3.63, 3.8) is 0 Å². The lowest BCUT2D eigenvalue weighted by Gasteiger charge is -2.19. The molecule has 0 radical (unpaired) electrons. The van der Waals surface area contributed by atoms with E-state index >= 15 is 0 Å². The quantitative estimate of drug-likeness (QED) is 0.840. The number of nitrogens with zero attached hydrogens (tertiary/aromatic N) is 2. The molecule has 1 aromatic rings. The van der Waals surface area contributed by atoms with Crippen LogP contribution in [0.15, 0.2) is 6.20 Å². The predicted octanol–water partition coefficient (Wildman–Crippen LogP) is 1.02. The van der Waals surface area contributed by atoms with Crippen LogP contribution in [0, 0.1) is 12.8 Å². The summed E-state index contributed by atoms with van der Waals surface area (Å²) in [5.74, 6) is -0.832. The first-order chi connectivity index (χ1) is 10.8. The Bertz CT molecular complexity index is 637.